The van der Waals surface area contributed by atoms with Crippen LogP contribution in [-0.4, -0.2) is 30.9 Å². The van der Waals surface area contributed by atoms with Gasteiger partial charge in [-0.15, -0.1) is 11.8 Å². The third-order valence-electron chi connectivity index (χ3n) is 6.19. The summed E-state index contributed by atoms with van der Waals surface area (Å²) < 4.78 is 27.9. The van der Waals surface area contributed by atoms with Crippen LogP contribution >= 0.6 is 35.0 Å². The SMILES string of the molecule is O=C(Nc1ccc(S(=O)(=O)Nc2cccc(Cl)c2)cc1)c1ccc([C@@H]2SCC(=O)N2Cc2ccc(Cl)cc2)cc1. The number of carbonyl (C=O) groups excluding carboxylic acids is 2. The Hall–Kier alpha value is -3.50. The summed E-state index contributed by atoms with van der Waals surface area (Å²) in [5.74, 6) is 0.105. The minimum atomic E-state index is -3.83. The van der Waals surface area contributed by atoms with E-state index in [0.717, 1.165) is 11.1 Å². The van der Waals surface area contributed by atoms with Crippen molar-refractivity contribution in [2.24, 2.45) is 0 Å². The zero-order valence-electron chi connectivity index (χ0n) is 20.9. The number of anilines is 2. The maximum atomic E-state index is 12.9. The van der Waals surface area contributed by atoms with E-state index in [0.29, 0.717) is 39.3 Å². The number of hydrogen-bond donors (Lipinski definition) is 2. The van der Waals surface area contributed by atoms with Crippen molar-refractivity contribution in [3.8, 4) is 0 Å². The highest BCUT2D eigenvalue weighted by Gasteiger charge is 2.32. The Kier molecular flexibility index (Phi) is 8.37. The van der Waals surface area contributed by atoms with Gasteiger partial charge in [0.2, 0.25) is 5.91 Å². The van der Waals surface area contributed by atoms with Gasteiger partial charge in [0.15, 0.2) is 0 Å². The molecular weight excluding hydrogens is 589 g/mol. The van der Waals surface area contributed by atoms with Crippen molar-refractivity contribution in [2.75, 3.05) is 15.8 Å². The van der Waals surface area contributed by atoms with E-state index in [1.54, 1.807) is 54.2 Å². The molecule has 4 aromatic rings. The van der Waals surface area contributed by atoms with E-state index in [4.69, 9.17) is 23.2 Å². The van der Waals surface area contributed by atoms with Crippen LogP contribution in [0.2, 0.25) is 10.0 Å². The Labute approximate surface area is 246 Å². The summed E-state index contributed by atoms with van der Waals surface area (Å²) >= 11 is 13.5. The molecule has 5 rings (SSSR count). The number of thioether (sulfide) groups is 1. The van der Waals surface area contributed by atoms with Crippen LogP contribution in [-0.2, 0) is 21.4 Å². The van der Waals surface area contributed by atoms with E-state index in [9.17, 15) is 18.0 Å². The molecule has 0 radical (unpaired) electrons. The maximum Gasteiger partial charge on any atom is 0.261 e. The first kappa shape index (κ1) is 28.0. The lowest BCUT2D eigenvalue weighted by Crippen LogP contribution is -2.27. The predicted molar refractivity (Wildman–Crippen MR) is 160 cm³/mol. The number of carbonyl (C=O) groups is 2. The molecule has 4 aromatic carbocycles. The van der Waals surface area contributed by atoms with Crippen LogP contribution in [0.5, 0.6) is 0 Å². The number of benzene rings is 4. The molecule has 0 unspecified atom stereocenters. The highest BCUT2D eigenvalue weighted by Crippen LogP contribution is 2.39. The summed E-state index contributed by atoms with van der Waals surface area (Å²) in [4.78, 5) is 27.3. The second-order valence-corrected chi connectivity index (χ2v) is 12.7. The number of nitrogens with zero attached hydrogens (tertiary/aromatic N) is 1. The molecule has 2 N–H and O–H groups in total. The summed E-state index contributed by atoms with van der Waals surface area (Å²) in [7, 11) is -3.83. The molecule has 1 heterocycles. The number of amides is 2. The topological polar surface area (TPSA) is 95.6 Å². The molecule has 1 aliphatic rings. The smallest absolute Gasteiger partial charge is 0.261 e. The Balaban J connectivity index is 1.23. The van der Waals surface area contributed by atoms with E-state index in [1.165, 1.54) is 30.3 Å². The summed E-state index contributed by atoms with van der Waals surface area (Å²) in [5.41, 5.74) is 3.13. The summed E-state index contributed by atoms with van der Waals surface area (Å²) in [6.45, 7) is 0.468. The molecule has 0 aliphatic carbocycles. The van der Waals surface area contributed by atoms with Crippen molar-refractivity contribution < 1.29 is 18.0 Å². The third kappa shape index (κ3) is 6.62. The average molecular weight is 613 g/mol. The standard InChI is InChI=1S/C29H23Cl2N3O4S2/c30-22-10-4-19(5-11-22)17-34-27(35)18-39-29(34)21-8-6-20(7-9-21)28(36)32-24-12-14-26(15-13-24)40(37,38)33-25-3-1-2-23(31)16-25/h1-16,29,33H,17-18H2,(H,32,36)/t29-/m0/s1. The summed E-state index contributed by atoms with van der Waals surface area (Å²) in [6.07, 6.45) is 0. The normalized spacial score (nSPS) is 15.2. The van der Waals surface area contributed by atoms with Crippen LogP contribution in [0.15, 0.2) is 102 Å². The van der Waals surface area contributed by atoms with Crippen molar-refractivity contribution in [1.29, 1.82) is 0 Å². The van der Waals surface area contributed by atoms with Crippen molar-refractivity contribution in [2.45, 2.75) is 16.8 Å². The quantitative estimate of drug-likeness (QED) is 0.228. The second kappa shape index (κ2) is 11.9. The second-order valence-electron chi connectivity index (χ2n) is 9.03. The van der Waals surface area contributed by atoms with Crippen molar-refractivity contribution in [1.82, 2.24) is 4.90 Å². The number of hydrogen-bond acceptors (Lipinski definition) is 5. The zero-order valence-corrected chi connectivity index (χ0v) is 24.0. The lowest BCUT2D eigenvalue weighted by molar-refractivity contribution is -0.128. The maximum absolute atomic E-state index is 12.9. The van der Waals surface area contributed by atoms with Crippen molar-refractivity contribution in [3.63, 3.8) is 0 Å². The Morgan fingerprint density at radius 3 is 2.25 bits per heavy atom. The van der Waals surface area contributed by atoms with Crippen LogP contribution in [0.25, 0.3) is 0 Å². The van der Waals surface area contributed by atoms with E-state index >= 15 is 0 Å². The van der Waals surface area contributed by atoms with E-state index in [1.807, 2.05) is 29.2 Å². The van der Waals surface area contributed by atoms with Gasteiger partial charge in [-0.3, -0.25) is 14.3 Å². The van der Waals surface area contributed by atoms with E-state index in [-0.39, 0.29) is 22.1 Å². The first-order valence-corrected chi connectivity index (χ1v) is 15.4. The fraction of sp³-hybridized carbons (Fsp3) is 0.103. The highest BCUT2D eigenvalue weighted by molar-refractivity contribution is 8.00. The fourth-order valence-electron chi connectivity index (χ4n) is 4.17. The molecule has 1 aliphatic heterocycles. The minimum absolute atomic E-state index is 0.0431. The molecule has 0 bridgehead atoms. The van der Waals surface area contributed by atoms with Gasteiger partial charge < -0.3 is 10.2 Å². The molecule has 0 spiro atoms. The Morgan fingerprint density at radius 2 is 1.57 bits per heavy atom. The van der Waals surface area contributed by atoms with Crippen LogP contribution in [0, 0.1) is 0 Å². The number of sulfonamides is 1. The Bertz CT molecular complexity index is 1650. The van der Waals surface area contributed by atoms with Gasteiger partial charge in [-0.25, -0.2) is 8.42 Å². The van der Waals surface area contributed by atoms with Gasteiger partial charge in [0.1, 0.15) is 5.37 Å². The van der Waals surface area contributed by atoms with Gasteiger partial charge >= 0.3 is 0 Å². The molecule has 7 nitrogen and oxygen atoms in total. The van der Waals surface area contributed by atoms with Gasteiger partial charge in [-0.1, -0.05) is 53.5 Å². The van der Waals surface area contributed by atoms with E-state index in [2.05, 4.69) is 10.0 Å². The first-order valence-electron chi connectivity index (χ1n) is 12.1. The predicted octanol–water partition coefficient (Wildman–Crippen LogP) is 6.82. The molecule has 1 atom stereocenters. The average Bonchev–Trinajstić information content (AvgIpc) is 3.29. The number of halogens is 2. The lowest BCUT2D eigenvalue weighted by Gasteiger charge is -2.24. The number of rotatable bonds is 8. The third-order valence-corrected chi connectivity index (χ3v) is 9.33. The van der Waals surface area contributed by atoms with Gasteiger partial charge in [0.25, 0.3) is 15.9 Å². The largest absolute Gasteiger partial charge is 0.322 e. The van der Waals surface area contributed by atoms with Crippen LogP contribution < -0.4 is 10.0 Å². The van der Waals surface area contributed by atoms with Crippen LogP contribution in [0.1, 0.15) is 26.9 Å². The monoisotopic (exact) mass is 611 g/mol. The molecule has 1 saturated heterocycles. The van der Waals surface area contributed by atoms with Crippen LogP contribution in [0.3, 0.4) is 0 Å². The zero-order chi connectivity index (χ0) is 28.3. The Morgan fingerprint density at radius 1 is 0.875 bits per heavy atom. The van der Waals surface area contributed by atoms with Gasteiger partial charge in [0, 0.05) is 27.8 Å². The first-order chi connectivity index (χ1) is 19.2. The molecular formula is C29H23Cl2N3O4S2. The molecule has 204 valence electrons. The molecule has 11 heteroatoms. The minimum Gasteiger partial charge on any atom is -0.322 e. The van der Waals surface area contributed by atoms with Gasteiger partial charge in [-0.05, 0) is 77.9 Å². The van der Waals surface area contributed by atoms with Crippen molar-refractivity contribution >= 4 is 68.2 Å². The lowest BCUT2D eigenvalue weighted by atomic mass is 10.1. The number of nitrogens with one attached hydrogen (secondary N) is 2. The fourth-order valence-corrected chi connectivity index (χ4v) is 6.73. The molecule has 1 fully saturated rings. The van der Waals surface area contributed by atoms with Gasteiger partial charge in [-0.2, -0.15) is 0 Å². The van der Waals surface area contributed by atoms with Crippen LogP contribution in [0.4, 0.5) is 11.4 Å². The molecule has 0 aromatic heterocycles. The molecule has 40 heavy (non-hydrogen) atoms. The van der Waals surface area contributed by atoms with Gasteiger partial charge in [0.05, 0.1) is 16.3 Å². The van der Waals surface area contributed by atoms with E-state index < -0.39 is 10.0 Å². The van der Waals surface area contributed by atoms with Crippen molar-refractivity contribution in [3.05, 3.63) is 124 Å². The summed E-state index contributed by atoms with van der Waals surface area (Å²) in [5, 5.41) is 3.68. The highest BCUT2D eigenvalue weighted by atomic mass is 35.5. The molecule has 2 amide bonds. The summed E-state index contributed by atoms with van der Waals surface area (Å²) in [6, 6.07) is 26.8. The molecule has 0 saturated carbocycles.